The second-order valence-corrected chi connectivity index (χ2v) is 6.46. The molecule has 3 nitrogen and oxygen atoms in total. The van der Waals surface area contributed by atoms with Crippen LogP contribution in [-0.4, -0.2) is 23.9 Å². The minimum atomic E-state index is -0.230. The van der Waals surface area contributed by atoms with Crippen molar-refractivity contribution in [1.82, 2.24) is 4.90 Å². The van der Waals surface area contributed by atoms with Gasteiger partial charge in [0.25, 0.3) is 0 Å². The molecule has 1 aliphatic rings. The summed E-state index contributed by atoms with van der Waals surface area (Å²) >= 11 is 0. The molecule has 3 heteroatoms. The van der Waals surface area contributed by atoms with Gasteiger partial charge in [-0.2, -0.15) is 0 Å². The molecule has 0 aliphatic heterocycles. The van der Waals surface area contributed by atoms with Gasteiger partial charge in [0, 0.05) is 6.54 Å². The molecule has 21 heavy (non-hydrogen) atoms. The second kappa shape index (κ2) is 8.18. The summed E-state index contributed by atoms with van der Waals surface area (Å²) in [6.45, 7) is 4.25. The van der Waals surface area contributed by atoms with E-state index in [1.807, 2.05) is 0 Å². The number of nitrogens with zero attached hydrogens (tertiary/aromatic N) is 1. The highest BCUT2D eigenvalue weighted by Gasteiger charge is 2.16. The van der Waals surface area contributed by atoms with Gasteiger partial charge >= 0.3 is 0 Å². The van der Waals surface area contributed by atoms with Gasteiger partial charge in [-0.25, -0.2) is 0 Å². The van der Waals surface area contributed by atoms with Crippen molar-refractivity contribution in [2.75, 3.05) is 13.1 Å². The normalized spacial score (nSPS) is 16.3. The van der Waals surface area contributed by atoms with Crippen LogP contribution in [-0.2, 0) is 11.3 Å². The van der Waals surface area contributed by atoms with Crippen LogP contribution in [0.5, 0.6) is 0 Å². The van der Waals surface area contributed by atoms with Gasteiger partial charge in [0.15, 0.2) is 0 Å². The van der Waals surface area contributed by atoms with Gasteiger partial charge in [0.05, 0.1) is 6.54 Å². The minimum Gasteiger partial charge on any atom is -0.369 e. The zero-order valence-electron chi connectivity index (χ0n) is 13.2. The molecule has 1 amide bonds. The van der Waals surface area contributed by atoms with E-state index in [0.717, 1.165) is 19.0 Å². The molecule has 0 unspecified atom stereocenters. The first-order valence-electron chi connectivity index (χ1n) is 8.19. The van der Waals surface area contributed by atoms with Crippen molar-refractivity contribution in [2.45, 2.75) is 52.0 Å². The van der Waals surface area contributed by atoms with E-state index in [1.54, 1.807) is 0 Å². The first-order chi connectivity index (χ1) is 10.1. The van der Waals surface area contributed by atoms with Crippen molar-refractivity contribution in [3.05, 3.63) is 35.4 Å². The molecule has 0 heterocycles. The predicted molar refractivity (Wildman–Crippen MR) is 86.8 cm³/mol. The zero-order valence-corrected chi connectivity index (χ0v) is 13.2. The Bertz CT molecular complexity index is 452. The Morgan fingerprint density at radius 1 is 1.29 bits per heavy atom. The molecule has 0 saturated heterocycles. The van der Waals surface area contributed by atoms with E-state index in [4.69, 9.17) is 5.73 Å². The Balaban J connectivity index is 1.88. The average molecular weight is 288 g/mol. The van der Waals surface area contributed by atoms with E-state index in [-0.39, 0.29) is 5.91 Å². The molecule has 1 aromatic rings. The summed E-state index contributed by atoms with van der Waals surface area (Å²) in [5, 5.41) is 0. The number of aryl methyl sites for hydroxylation is 1. The molecule has 1 aromatic carbocycles. The topological polar surface area (TPSA) is 46.3 Å². The number of primary amides is 1. The number of amides is 1. The van der Waals surface area contributed by atoms with Crippen molar-refractivity contribution in [1.29, 1.82) is 0 Å². The fourth-order valence-electron chi connectivity index (χ4n) is 3.34. The van der Waals surface area contributed by atoms with Crippen LogP contribution in [0.1, 0.15) is 49.7 Å². The van der Waals surface area contributed by atoms with Gasteiger partial charge in [-0.1, -0.05) is 61.9 Å². The van der Waals surface area contributed by atoms with Gasteiger partial charge < -0.3 is 5.73 Å². The van der Waals surface area contributed by atoms with Crippen LogP contribution in [0.2, 0.25) is 0 Å². The first-order valence-corrected chi connectivity index (χ1v) is 8.19. The van der Waals surface area contributed by atoms with Crippen LogP contribution < -0.4 is 5.73 Å². The van der Waals surface area contributed by atoms with Gasteiger partial charge in [-0.05, 0) is 31.4 Å². The Kier molecular flexibility index (Phi) is 6.24. The van der Waals surface area contributed by atoms with Gasteiger partial charge in [-0.3, -0.25) is 9.69 Å². The number of carbonyl (C=O) groups excluding carboxylic acids is 1. The van der Waals surface area contributed by atoms with Crippen LogP contribution in [0.25, 0.3) is 0 Å². The van der Waals surface area contributed by atoms with Crippen molar-refractivity contribution < 1.29 is 4.79 Å². The smallest absolute Gasteiger partial charge is 0.231 e. The molecule has 0 bridgehead atoms. The van der Waals surface area contributed by atoms with Gasteiger partial charge in [-0.15, -0.1) is 0 Å². The van der Waals surface area contributed by atoms with Gasteiger partial charge in [0.1, 0.15) is 0 Å². The van der Waals surface area contributed by atoms with Crippen LogP contribution >= 0.6 is 0 Å². The average Bonchev–Trinajstić information content (AvgIpc) is 2.45. The van der Waals surface area contributed by atoms with E-state index in [0.29, 0.717) is 6.54 Å². The lowest BCUT2D eigenvalue weighted by molar-refractivity contribution is -0.119. The third-order valence-corrected chi connectivity index (χ3v) is 4.45. The van der Waals surface area contributed by atoms with Gasteiger partial charge in [0.2, 0.25) is 5.91 Å². The van der Waals surface area contributed by atoms with Crippen LogP contribution in [0.4, 0.5) is 0 Å². The molecule has 1 saturated carbocycles. The van der Waals surface area contributed by atoms with E-state index in [1.165, 1.54) is 49.7 Å². The standard InChI is InChI=1S/C18H28N2O/c1-15-6-5-9-17(12-15)13-20(14-18(19)21)11-10-16-7-3-2-4-8-16/h5-6,9,12,16H,2-4,7-8,10-11,13-14H2,1H3,(H2,19,21). The lowest BCUT2D eigenvalue weighted by atomic mass is 9.87. The van der Waals surface area contributed by atoms with Crippen molar-refractivity contribution in [2.24, 2.45) is 11.7 Å². The molecular weight excluding hydrogens is 260 g/mol. The maximum atomic E-state index is 11.3. The Hall–Kier alpha value is -1.35. The SMILES string of the molecule is Cc1cccc(CN(CCC2CCCCC2)CC(N)=O)c1. The second-order valence-electron chi connectivity index (χ2n) is 6.46. The molecule has 2 rings (SSSR count). The Labute approximate surface area is 128 Å². The molecule has 0 atom stereocenters. The van der Waals surface area contributed by atoms with Crippen molar-refractivity contribution in [3.8, 4) is 0 Å². The summed E-state index contributed by atoms with van der Waals surface area (Å²) in [4.78, 5) is 13.5. The monoisotopic (exact) mass is 288 g/mol. The molecule has 0 aromatic heterocycles. The Morgan fingerprint density at radius 2 is 2.05 bits per heavy atom. The molecule has 116 valence electrons. The third kappa shape index (κ3) is 5.88. The maximum absolute atomic E-state index is 11.3. The van der Waals surface area contributed by atoms with E-state index in [9.17, 15) is 4.79 Å². The number of nitrogens with two attached hydrogens (primary N) is 1. The third-order valence-electron chi connectivity index (χ3n) is 4.45. The van der Waals surface area contributed by atoms with Crippen molar-refractivity contribution in [3.63, 3.8) is 0 Å². The molecular formula is C18H28N2O. The van der Waals surface area contributed by atoms with E-state index >= 15 is 0 Å². The molecule has 0 spiro atoms. The number of benzene rings is 1. The van der Waals surface area contributed by atoms with E-state index < -0.39 is 0 Å². The number of rotatable bonds is 7. The fraction of sp³-hybridized carbons (Fsp3) is 0.611. The lowest BCUT2D eigenvalue weighted by Gasteiger charge is -2.26. The molecule has 0 radical (unpaired) electrons. The minimum absolute atomic E-state index is 0.230. The Morgan fingerprint density at radius 3 is 2.71 bits per heavy atom. The van der Waals surface area contributed by atoms with Crippen molar-refractivity contribution >= 4 is 5.91 Å². The summed E-state index contributed by atoms with van der Waals surface area (Å²) in [5.41, 5.74) is 7.93. The number of hydrogen-bond acceptors (Lipinski definition) is 2. The predicted octanol–water partition coefficient (Wildman–Crippen LogP) is 3.25. The summed E-state index contributed by atoms with van der Waals surface area (Å²) < 4.78 is 0. The molecule has 1 aliphatic carbocycles. The highest BCUT2D eigenvalue weighted by Crippen LogP contribution is 2.26. The maximum Gasteiger partial charge on any atom is 0.231 e. The van der Waals surface area contributed by atoms with Crippen LogP contribution in [0.15, 0.2) is 24.3 Å². The fourth-order valence-corrected chi connectivity index (χ4v) is 3.34. The highest BCUT2D eigenvalue weighted by molar-refractivity contribution is 5.75. The largest absolute Gasteiger partial charge is 0.369 e. The molecule has 2 N–H and O–H groups in total. The lowest BCUT2D eigenvalue weighted by Crippen LogP contribution is -2.35. The molecule has 1 fully saturated rings. The summed E-state index contributed by atoms with van der Waals surface area (Å²) in [5.74, 6) is 0.609. The van der Waals surface area contributed by atoms with E-state index in [2.05, 4.69) is 36.1 Å². The number of hydrogen-bond donors (Lipinski definition) is 1. The highest BCUT2D eigenvalue weighted by atomic mass is 16.1. The summed E-state index contributed by atoms with van der Waals surface area (Å²) in [7, 11) is 0. The summed E-state index contributed by atoms with van der Waals surface area (Å²) in [6.07, 6.45) is 8.05. The van der Waals surface area contributed by atoms with Crippen LogP contribution in [0, 0.1) is 12.8 Å². The zero-order chi connectivity index (χ0) is 15.1. The first kappa shape index (κ1) is 16.0. The summed E-state index contributed by atoms with van der Waals surface area (Å²) in [6, 6.07) is 8.49. The van der Waals surface area contributed by atoms with Crippen LogP contribution in [0.3, 0.4) is 0 Å². The quantitative estimate of drug-likeness (QED) is 0.837. The number of carbonyl (C=O) groups is 1.